The quantitative estimate of drug-likeness (QED) is 0.942. The predicted octanol–water partition coefficient (Wildman–Crippen LogP) is 3.00. The van der Waals surface area contributed by atoms with Gasteiger partial charge in [0, 0.05) is 11.8 Å². The van der Waals surface area contributed by atoms with Crippen LogP contribution in [0.4, 0.5) is 10.1 Å². The summed E-state index contributed by atoms with van der Waals surface area (Å²) in [7, 11) is 0. The van der Waals surface area contributed by atoms with E-state index in [1.54, 1.807) is 37.3 Å². The van der Waals surface area contributed by atoms with Gasteiger partial charge >= 0.3 is 0 Å². The van der Waals surface area contributed by atoms with Crippen LogP contribution >= 0.6 is 0 Å². The lowest BCUT2D eigenvalue weighted by Gasteiger charge is -2.19. The van der Waals surface area contributed by atoms with Gasteiger partial charge in [0.05, 0.1) is 0 Å². The van der Waals surface area contributed by atoms with Gasteiger partial charge in [0.1, 0.15) is 13.2 Å². The first-order valence-electron chi connectivity index (χ1n) is 7.25. The van der Waals surface area contributed by atoms with Gasteiger partial charge in [0.25, 0.3) is 5.91 Å². The van der Waals surface area contributed by atoms with Crippen molar-refractivity contribution in [3.05, 3.63) is 48.3 Å². The summed E-state index contributed by atoms with van der Waals surface area (Å²) in [6.07, 6.45) is -0.847. The minimum Gasteiger partial charge on any atom is -0.486 e. The van der Waals surface area contributed by atoms with Gasteiger partial charge in [0.15, 0.2) is 29.2 Å². The van der Waals surface area contributed by atoms with Crippen molar-refractivity contribution >= 4 is 11.6 Å². The Morgan fingerprint density at radius 1 is 1.17 bits per heavy atom. The van der Waals surface area contributed by atoms with Crippen LogP contribution in [0.25, 0.3) is 0 Å². The molecule has 0 fully saturated rings. The highest BCUT2D eigenvalue weighted by atomic mass is 19.1. The zero-order chi connectivity index (χ0) is 16.2. The molecule has 120 valence electrons. The maximum Gasteiger partial charge on any atom is 0.265 e. The molecular weight excluding hydrogens is 301 g/mol. The van der Waals surface area contributed by atoms with E-state index in [4.69, 9.17) is 14.2 Å². The van der Waals surface area contributed by atoms with Crippen molar-refractivity contribution in [1.82, 2.24) is 0 Å². The molecule has 6 heteroatoms. The normalized spacial score (nSPS) is 14.0. The molecule has 0 saturated carbocycles. The molecule has 0 aromatic heterocycles. The van der Waals surface area contributed by atoms with Gasteiger partial charge in [-0.15, -0.1) is 0 Å². The number of hydrogen-bond donors (Lipinski definition) is 1. The molecule has 0 spiro atoms. The number of para-hydroxylation sites is 1. The van der Waals surface area contributed by atoms with Crippen molar-refractivity contribution < 1.29 is 23.4 Å². The SMILES string of the molecule is C[C@H](Oc1ccccc1F)C(=O)Nc1ccc2c(c1)OCCO2. The molecule has 0 bridgehead atoms. The molecule has 0 saturated heterocycles. The maximum atomic E-state index is 13.5. The largest absolute Gasteiger partial charge is 0.486 e. The lowest BCUT2D eigenvalue weighted by atomic mass is 10.2. The molecule has 1 atom stereocenters. The van der Waals surface area contributed by atoms with E-state index in [9.17, 15) is 9.18 Å². The molecule has 1 aliphatic rings. The maximum absolute atomic E-state index is 13.5. The van der Waals surface area contributed by atoms with Crippen molar-refractivity contribution in [1.29, 1.82) is 0 Å². The number of anilines is 1. The van der Waals surface area contributed by atoms with Crippen LogP contribution in [0.5, 0.6) is 17.2 Å². The molecule has 23 heavy (non-hydrogen) atoms. The van der Waals surface area contributed by atoms with Crippen LogP contribution < -0.4 is 19.5 Å². The third-order valence-corrected chi connectivity index (χ3v) is 3.32. The molecule has 1 amide bonds. The number of ether oxygens (including phenoxy) is 3. The molecule has 3 rings (SSSR count). The lowest BCUT2D eigenvalue weighted by molar-refractivity contribution is -0.122. The van der Waals surface area contributed by atoms with Crippen LogP contribution in [0.2, 0.25) is 0 Å². The molecule has 5 nitrogen and oxygen atoms in total. The molecule has 0 aliphatic carbocycles. The van der Waals surface area contributed by atoms with Crippen molar-refractivity contribution in [3.63, 3.8) is 0 Å². The van der Waals surface area contributed by atoms with Gasteiger partial charge in [-0.05, 0) is 31.2 Å². The number of fused-ring (bicyclic) bond motifs is 1. The third kappa shape index (κ3) is 3.53. The van der Waals surface area contributed by atoms with Gasteiger partial charge in [-0.1, -0.05) is 12.1 Å². The zero-order valence-electron chi connectivity index (χ0n) is 12.5. The third-order valence-electron chi connectivity index (χ3n) is 3.32. The average Bonchev–Trinajstić information content (AvgIpc) is 2.56. The number of carbonyl (C=O) groups excluding carboxylic acids is 1. The summed E-state index contributed by atoms with van der Waals surface area (Å²) in [5.41, 5.74) is 0.559. The number of nitrogens with one attached hydrogen (secondary N) is 1. The highest BCUT2D eigenvalue weighted by Crippen LogP contribution is 2.32. The summed E-state index contributed by atoms with van der Waals surface area (Å²) in [5.74, 6) is 0.371. The van der Waals surface area contributed by atoms with E-state index < -0.39 is 11.9 Å². The van der Waals surface area contributed by atoms with Gasteiger partial charge < -0.3 is 19.5 Å². The number of rotatable bonds is 4. The Bertz CT molecular complexity index is 719. The fourth-order valence-corrected chi connectivity index (χ4v) is 2.15. The van der Waals surface area contributed by atoms with Crippen LogP contribution in [0.15, 0.2) is 42.5 Å². The van der Waals surface area contributed by atoms with E-state index in [-0.39, 0.29) is 11.7 Å². The predicted molar refractivity (Wildman–Crippen MR) is 82.6 cm³/mol. The topological polar surface area (TPSA) is 56.8 Å². The van der Waals surface area contributed by atoms with Crippen LogP contribution in [-0.2, 0) is 4.79 Å². The Kier molecular flexibility index (Phi) is 4.32. The van der Waals surface area contributed by atoms with Crippen molar-refractivity contribution in [2.24, 2.45) is 0 Å². The lowest BCUT2D eigenvalue weighted by Crippen LogP contribution is -2.30. The molecule has 1 heterocycles. The minimum absolute atomic E-state index is 0.0392. The van der Waals surface area contributed by atoms with Crippen molar-refractivity contribution in [2.45, 2.75) is 13.0 Å². The number of carbonyl (C=O) groups is 1. The summed E-state index contributed by atoms with van der Waals surface area (Å²) < 4.78 is 29.8. The number of amides is 1. The van der Waals surface area contributed by atoms with Crippen LogP contribution in [-0.4, -0.2) is 25.2 Å². The Labute approximate surface area is 133 Å². The van der Waals surface area contributed by atoms with E-state index in [0.717, 1.165) is 0 Å². The summed E-state index contributed by atoms with van der Waals surface area (Å²) in [6, 6.07) is 11.1. The first kappa shape index (κ1) is 15.1. The highest BCUT2D eigenvalue weighted by molar-refractivity contribution is 5.94. The molecule has 0 unspecified atom stereocenters. The second-order valence-corrected chi connectivity index (χ2v) is 5.04. The molecule has 1 aliphatic heterocycles. The van der Waals surface area contributed by atoms with E-state index in [2.05, 4.69) is 5.32 Å². The van der Waals surface area contributed by atoms with E-state index in [1.165, 1.54) is 12.1 Å². The summed E-state index contributed by atoms with van der Waals surface area (Å²) >= 11 is 0. The average molecular weight is 317 g/mol. The Balaban J connectivity index is 1.65. The van der Waals surface area contributed by atoms with Gasteiger partial charge in [0.2, 0.25) is 0 Å². The fourth-order valence-electron chi connectivity index (χ4n) is 2.15. The Morgan fingerprint density at radius 3 is 2.70 bits per heavy atom. The molecule has 2 aromatic rings. The van der Waals surface area contributed by atoms with E-state index in [0.29, 0.717) is 30.4 Å². The Morgan fingerprint density at radius 2 is 1.91 bits per heavy atom. The molecular formula is C17H16FNO4. The fraction of sp³-hybridized carbons (Fsp3) is 0.235. The first-order valence-corrected chi connectivity index (χ1v) is 7.25. The van der Waals surface area contributed by atoms with E-state index >= 15 is 0 Å². The van der Waals surface area contributed by atoms with E-state index in [1.807, 2.05) is 0 Å². The molecule has 1 N–H and O–H groups in total. The van der Waals surface area contributed by atoms with Gasteiger partial charge in [-0.25, -0.2) is 4.39 Å². The van der Waals surface area contributed by atoms with Crippen LogP contribution in [0, 0.1) is 5.82 Å². The smallest absolute Gasteiger partial charge is 0.265 e. The zero-order valence-corrected chi connectivity index (χ0v) is 12.5. The first-order chi connectivity index (χ1) is 11.1. The van der Waals surface area contributed by atoms with Crippen LogP contribution in [0.1, 0.15) is 6.92 Å². The monoisotopic (exact) mass is 317 g/mol. The molecule has 0 radical (unpaired) electrons. The molecule has 2 aromatic carbocycles. The summed E-state index contributed by atoms with van der Waals surface area (Å²) in [4.78, 5) is 12.2. The second kappa shape index (κ2) is 6.56. The highest BCUT2D eigenvalue weighted by Gasteiger charge is 2.18. The summed E-state index contributed by atoms with van der Waals surface area (Å²) in [6.45, 7) is 2.53. The number of halogens is 1. The second-order valence-electron chi connectivity index (χ2n) is 5.04. The number of benzene rings is 2. The minimum atomic E-state index is -0.847. The number of hydrogen-bond acceptors (Lipinski definition) is 4. The van der Waals surface area contributed by atoms with Crippen molar-refractivity contribution in [3.8, 4) is 17.2 Å². The van der Waals surface area contributed by atoms with Crippen molar-refractivity contribution in [2.75, 3.05) is 18.5 Å². The van der Waals surface area contributed by atoms with Gasteiger partial charge in [-0.3, -0.25) is 4.79 Å². The van der Waals surface area contributed by atoms with Crippen LogP contribution in [0.3, 0.4) is 0 Å². The Hall–Kier alpha value is -2.76. The summed E-state index contributed by atoms with van der Waals surface area (Å²) in [5, 5.41) is 2.71. The van der Waals surface area contributed by atoms with Gasteiger partial charge in [-0.2, -0.15) is 0 Å². The standard InChI is InChI=1S/C17H16FNO4/c1-11(23-14-5-3-2-4-13(14)18)17(20)19-12-6-7-15-16(10-12)22-9-8-21-15/h2-7,10-11H,8-9H2,1H3,(H,19,20)/t11-/m0/s1.